The van der Waals surface area contributed by atoms with Crippen LogP contribution in [-0.2, 0) is 9.53 Å². The second-order valence-corrected chi connectivity index (χ2v) is 4.68. The van der Waals surface area contributed by atoms with Crippen LogP contribution < -0.4 is 5.73 Å². The summed E-state index contributed by atoms with van der Waals surface area (Å²) in [7, 11) is 0. The lowest BCUT2D eigenvalue weighted by atomic mass is 10.2. The maximum Gasteiger partial charge on any atom is 0.307 e. The molecule has 0 spiro atoms. The first-order valence-corrected chi connectivity index (χ1v) is 6.12. The van der Waals surface area contributed by atoms with Gasteiger partial charge < -0.3 is 14.9 Å². The minimum Gasteiger partial charge on any atom is -0.466 e. The summed E-state index contributed by atoms with van der Waals surface area (Å²) < 4.78 is 10.5. The van der Waals surface area contributed by atoms with Crippen LogP contribution in [0, 0.1) is 5.92 Å². The highest BCUT2D eigenvalue weighted by Gasteiger charge is 2.36. The molecule has 2 rings (SSSR count). The summed E-state index contributed by atoms with van der Waals surface area (Å²) in [5.74, 6) is 2.63. The molecule has 0 bridgehead atoms. The van der Waals surface area contributed by atoms with Crippen molar-refractivity contribution in [2.24, 2.45) is 11.7 Å². The van der Waals surface area contributed by atoms with Crippen LogP contribution in [0.5, 0.6) is 0 Å². The molecular weight excluding hydrogens is 218 g/mol. The molecule has 1 aliphatic carbocycles. The van der Waals surface area contributed by atoms with E-state index in [4.69, 9.17) is 14.9 Å². The van der Waals surface area contributed by atoms with Crippen molar-refractivity contribution in [2.45, 2.75) is 38.6 Å². The molecule has 2 unspecified atom stereocenters. The first-order chi connectivity index (χ1) is 8.11. The van der Waals surface area contributed by atoms with Crippen LogP contribution in [0.3, 0.4) is 0 Å². The van der Waals surface area contributed by atoms with Gasteiger partial charge in [-0.15, -0.1) is 0 Å². The lowest BCUT2D eigenvalue weighted by Crippen LogP contribution is -2.16. The molecule has 4 nitrogen and oxygen atoms in total. The maximum absolute atomic E-state index is 11.3. The van der Waals surface area contributed by atoms with Gasteiger partial charge in [-0.2, -0.15) is 0 Å². The molecule has 1 aromatic rings. The van der Waals surface area contributed by atoms with E-state index < -0.39 is 6.04 Å². The van der Waals surface area contributed by atoms with Crippen molar-refractivity contribution in [3.8, 4) is 0 Å². The average Bonchev–Trinajstić information content (AvgIpc) is 2.81. The van der Waals surface area contributed by atoms with Gasteiger partial charge in [0.2, 0.25) is 0 Å². The lowest BCUT2D eigenvalue weighted by molar-refractivity contribution is -0.143. The molecule has 1 aromatic heterocycles. The third kappa shape index (κ3) is 2.88. The maximum atomic E-state index is 11.3. The van der Waals surface area contributed by atoms with E-state index in [-0.39, 0.29) is 12.4 Å². The molecule has 0 amide bonds. The smallest absolute Gasteiger partial charge is 0.307 e. The van der Waals surface area contributed by atoms with Crippen molar-refractivity contribution in [3.05, 3.63) is 23.7 Å². The molecule has 1 fully saturated rings. The van der Waals surface area contributed by atoms with Crippen LogP contribution in [0.25, 0.3) is 0 Å². The monoisotopic (exact) mass is 237 g/mol. The van der Waals surface area contributed by atoms with Gasteiger partial charge in [-0.25, -0.2) is 0 Å². The Morgan fingerprint density at radius 2 is 2.35 bits per heavy atom. The number of hydrogen-bond donors (Lipinski definition) is 1. The Kier molecular flexibility index (Phi) is 3.52. The van der Waals surface area contributed by atoms with Crippen molar-refractivity contribution >= 4 is 5.97 Å². The summed E-state index contributed by atoms with van der Waals surface area (Å²) in [5, 5.41) is 0. The number of carbonyl (C=O) groups excluding carboxylic acids is 1. The van der Waals surface area contributed by atoms with Crippen LogP contribution in [0.1, 0.15) is 50.2 Å². The van der Waals surface area contributed by atoms with E-state index in [0.29, 0.717) is 24.2 Å². The van der Waals surface area contributed by atoms with Crippen LogP contribution in [-0.4, -0.2) is 12.6 Å². The quantitative estimate of drug-likeness (QED) is 0.798. The van der Waals surface area contributed by atoms with E-state index in [9.17, 15) is 4.79 Å². The van der Waals surface area contributed by atoms with Crippen molar-refractivity contribution in [1.29, 1.82) is 0 Å². The zero-order valence-electron chi connectivity index (χ0n) is 10.3. The summed E-state index contributed by atoms with van der Waals surface area (Å²) in [6.45, 7) is 4.36. The third-order valence-corrected chi connectivity index (χ3v) is 3.18. The average molecular weight is 237 g/mol. The van der Waals surface area contributed by atoms with E-state index >= 15 is 0 Å². The number of esters is 1. The van der Waals surface area contributed by atoms with Gasteiger partial charge in [0.25, 0.3) is 0 Å². The van der Waals surface area contributed by atoms with Crippen LogP contribution in [0.4, 0.5) is 0 Å². The number of ether oxygens (including phenoxy) is 1. The fourth-order valence-corrected chi connectivity index (χ4v) is 1.99. The van der Waals surface area contributed by atoms with E-state index in [1.165, 1.54) is 6.42 Å². The van der Waals surface area contributed by atoms with Crippen LogP contribution >= 0.6 is 0 Å². The van der Waals surface area contributed by atoms with Crippen LogP contribution in [0.15, 0.2) is 16.5 Å². The first kappa shape index (κ1) is 12.2. The van der Waals surface area contributed by atoms with Gasteiger partial charge in [0.1, 0.15) is 11.5 Å². The van der Waals surface area contributed by atoms with E-state index in [1.807, 2.05) is 12.1 Å². The van der Waals surface area contributed by atoms with Gasteiger partial charge in [-0.1, -0.05) is 6.92 Å². The number of hydrogen-bond acceptors (Lipinski definition) is 4. The van der Waals surface area contributed by atoms with Gasteiger partial charge >= 0.3 is 5.97 Å². The Hall–Kier alpha value is -1.29. The number of furan rings is 1. The minimum atomic E-state index is -0.406. The van der Waals surface area contributed by atoms with E-state index in [0.717, 1.165) is 5.76 Å². The van der Waals surface area contributed by atoms with Gasteiger partial charge in [-0.05, 0) is 31.4 Å². The molecule has 4 heteroatoms. The molecule has 1 saturated carbocycles. The topological polar surface area (TPSA) is 65.5 Å². The number of carbonyl (C=O) groups is 1. The zero-order valence-corrected chi connectivity index (χ0v) is 10.3. The van der Waals surface area contributed by atoms with Gasteiger partial charge in [0.15, 0.2) is 0 Å². The summed E-state index contributed by atoms with van der Waals surface area (Å²) in [6.07, 6.45) is 1.35. The lowest BCUT2D eigenvalue weighted by Gasteiger charge is -2.07. The molecule has 3 atom stereocenters. The van der Waals surface area contributed by atoms with Gasteiger partial charge in [-0.3, -0.25) is 4.79 Å². The zero-order chi connectivity index (χ0) is 12.4. The molecule has 0 aliphatic heterocycles. The van der Waals surface area contributed by atoms with Crippen molar-refractivity contribution in [1.82, 2.24) is 0 Å². The van der Waals surface area contributed by atoms with Gasteiger partial charge in [0.05, 0.1) is 19.1 Å². The molecule has 2 N–H and O–H groups in total. The second kappa shape index (κ2) is 4.92. The van der Waals surface area contributed by atoms with Gasteiger partial charge in [0, 0.05) is 5.92 Å². The fraction of sp³-hybridized carbons (Fsp3) is 0.615. The minimum absolute atomic E-state index is 0.168. The predicted octanol–water partition coefficient (Wildman–Crippen LogP) is 2.36. The highest BCUT2D eigenvalue weighted by atomic mass is 16.5. The molecule has 0 aromatic carbocycles. The largest absolute Gasteiger partial charge is 0.466 e. The fourth-order valence-electron chi connectivity index (χ4n) is 1.99. The Bertz CT molecular complexity index is 399. The Morgan fingerprint density at radius 1 is 1.65 bits per heavy atom. The summed E-state index contributed by atoms with van der Waals surface area (Å²) in [5.41, 5.74) is 5.90. The number of rotatable bonds is 5. The third-order valence-electron chi connectivity index (χ3n) is 3.18. The van der Waals surface area contributed by atoms with Crippen molar-refractivity contribution in [2.75, 3.05) is 6.61 Å². The molecule has 0 saturated heterocycles. The highest BCUT2D eigenvalue weighted by molar-refractivity contribution is 5.70. The summed E-state index contributed by atoms with van der Waals surface area (Å²) >= 11 is 0. The Labute approximate surface area is 101 Å². The highest BCUT2D eigenvalue weighted by Crippen LogP contribution is 2.47. The molecule has 0 radical (unpaired) electrons. The molecule has 1 aliphatic rings. The van der Waals surface area contributed by atoms with Crippen molar-refractivity contribution < 1.29 is 13.9 Å². The van der Waals surface area contributed by atoms with E-state index in [1.54, 1.807) is 6.92 Å². The SMILES string of the molecule is CCOC(=O)C[C@@H](N)c1ccc(C2CC2C)o1. The molecule has 17 heavy (non-hydrogen) atoms. The standard InChI is InChI=1S/C13H19NO3/c1-3-16-13(15)7-10(14)12-5-4-11(17-12)9-6-8(9)2/h4-5,8-10H,3,6-7,14H2,1-2H3/t8?,9?,10-/m1/s1. The Morgan fingerprint density at radius 3 is 2.94 bits per heavy atom. The molecule has 94 valence electrons. The second-order valence-electron chi connectivity index (χ2n) is 4.68. The first-order valence-electron chi connectivity index (χ1n) is 6.12. The summed E-state index contributed by atoms with van der Waals surface area (Å²) in [4.78, 5) is 11.3. The summed E-state index contributed by atoms with van der Waals surface area (Å²) in [6, 6.07) is 3.43. The normalized spacial score (nSPS) is 24.4. The van der Waals surface area contributed by atoms with E-state index in [2.05, 4.69) is 6.92 Å². The molecule has 1 heterocycles. The number of nitrogens with two attached hydrogens (primary N) is 1. The predicted molar refractivity (Wildman–Crippen MR) is 63.4 cm³/mol. The van der Waals surface area contributed by atoms with Crippen molar-refractivity contribution in [3.63, 3.8) is 0 Å². The Balaban J connectivity index is 1.92. The van der Waals surface area contributed by atoms with Crippen LogP contribution in [0.2, 0.25) is 0 Å². The molecular formula is C13H19NO3.